The van der Waals surface area contributed by atoms with Gasteiger partial charge in [0, 0.05) is 69.9 Å². The Balaban J connectivity index is 1.83. The predicted molar refractivity (Wildman–Crippen MR) is 121 cm³/mol. The van der Waals surface area contributed by atoms with Crippen molar-refractivity contribution in [2.45, 2.75) is 32.4 Å². The van der Waals surface area contributed by atoms with Crippen LogP contribution in [0.3, 0.4) is 0 Å². The lowest BCUT2D eigenvalue weighted by atomic mass is 9.99. The van der Waals surface area contributed by atoms with E-state index in [1.807, 2.05) is 28.1 Å². The number of hydrogen-bond acceptors (Lipinski definition) is 6. The summed E-state index contributed by atoms with van der Waals surface area (Å²) in [6.45, 7) is 3.33. The second-order valence-electron chi connectivity index (χ2n) is 7.95. The second kappa shape index (κ2) is 8.33. The molecule has 2 aromatic heterocycles. The van der Waals surface area contributed by atoms with Crippen LogP contribution in [-0.2, 0) is 11.3 Å². The summed E-state index contributed by atoms with van der Waals surface area (Å²) < 4.78 is 0. The Morgan fingerprint density at radius 3 is 2.68 bits per heavy atom. The Labute approximate surface area is 181 Å². The molecule has 4 rings (SSSR count). The van der Waals surface area contributed by atoms with Crippen LogP contribution in [0.15, 0.2) is 29.5 Å². The van der Waals surface area contributed by atoms with Crippen LogP contribution in [0.1, 0.15) is 31.0 Å². The van der Waals surface area contributed by atoms with E-state index in [1.165, 1.54) is 6.20 Å². The molecule has 162 valence electrons. The zero-order chi connectivity index (χ0) is 22.1. The summed E-state index contributed by atoms with van der Waals surface area (Å²) >= 11 is 0. The van der Waals surface area contributed by atoms with Gasteiger partial charge in [0.05, 0.1) is 23.4 Å². The molecular weight excluding hydrogens is 394 g/mol. The molecule has 2 aromatic rings. The Bertz CT molecular complexity index is 1090. The quantitative estimate of drug-likeness (QED) is 0.763. The van der Waals surface area contributed by atoms with Crippen molar-refractivity contribution in [1.82, 2.24) is 19.8 Å². The molecule has 0 bridgehead atoms. The summed E-state index contributed by atoms with van der Waals surface area (Å²) in [5, 5.41) is 0. The molecule has 9 heteroatoms. The first-order valence-corrected chi connectivity index (χ1v) is 10.4. The van der Waals surface area contributed by atoms with Gasteiger partial charge < -0.3 is 15.5 Å². The molecule has 3 amide bonds. The molecule has 0 radical (unpaired) electrons. The lowest BCUT2D eigenvalue weighted by Gasteiger charge is -2.43. The average Bonchev–Trinajstić information content (AvgIpc) is 2.78. The number of urea groups is 1. The van der Waals surface area contributed by atoms with Crippen molar-refractivity contribution in [3.05, 3.63) is 35.8 Å². The number of rotatable bonds is 3. The minimum Gasteiger partial charge on any atom is -0.404 e. The molecule has 1 saturated heterocycles. The number of anilines is 1. The molecule has 0 aromatic carbocycles. The van der Waals surface area contributed by atoms with Crippen molar-refractivity contribution >= 4 is 40.4 Å². The van der Waals surface area contributed by atoms with Gasteiger partial charge in [-0.05, 0) is 25.0 Å². The molecule has 0 spiro atoms. The minimum atomic E-state index is -0.0572. The predicted octanol–water partition coefficient (Wildman–Crippen LogP) is 2.01. The van der Waals surface area contributed by atoms with Crippen molar-refractivity contribution in [2.75, 3.05) is 32.1 Å². The van der Waals surface area contributed by atoms with Gasteiger partial charge in [-0.2, -0.15) is 0 Å². The number of fused-ring (bicyclic) bond motifs is 3. The number of carbonyl (C=O) groups excluding carboxylic acids is 2. The Morgan fingerprint density at radius 2 is 2.03 bits per heavy atom. The monoisotopic (exact) mass is 421 g/mol. The van der Waals surface area contributed by atoms with Crippen LogP contribution in [0, 0.1) is 0 Å². The first kappa shape index (κ1) is 20.8. The van der Waals surface area contributed by atoms with Crippen LogP contribution >= 0.6 is 0 Å². The summed E-state index contributed by atoms with van der Waals surface area (Å²) in [7, 11) is 3.47. The summed E-state index contributed by atoms with van der Waals surface area (Å²) in [4.78, 5) is 43.9. The van der Waals surface area contributed by atoms with E-state index in [-0.39, 0.29) is 18.0 Å². The largest absolute Gasteiger partial charge is 0.404 e. The molecule has 9 nitrogen and oxygen atoms in total. The summed E-state index contributed by atoms with van der Waals surface area (Å²) in [6.07, 6.45) is 6.40. The van der Waals surface area contributed by atoms with Gasteiger partial charge >= 0.3 is 6.03 Å². The van der Waals surface area contributed by atoms with Crippen molar-refractivity contribution in [3.63, 3.8) is 0 Å². The number of amides is 3. The maximum absolute atomic E-state index is 13.3. The van der Waals surface area contributed by atoms with Crippen molar-refractivity contribution in [1.29, 1.82) is 0 Å². The number of pyridine rings is 2. The summed E-state index contributed by atoms with van der Waals surface area (Å²) in [5.41, 5.74) is 10.3. The molecular formula is C22H27N7O2. The van der Waals surface area contributed by atoms with Gasteiger partial charge in [-0.3, -0.25) is 19.7 Å². The van der Waals surface area contributed by atoms with E-state index in [9.17, 15) is 9.59 Å². The third-order valence-corrected chi connectivity index (χ3v) is 5.96. The maximum atomic E-state index is 13.3. The third kappa shape index (κ3) is 3.71. The molecule has 0 atom stereocenters. The van der Waals surface area contributed by atoms with E-state index >= 15 is 0 Å². The fraction of sp³-hybridized carbons (Fsp3) is 0.409. The van der Waals surface area contributed by atoms with Crippen LogP contribution < -0.4 is 10.6 Å². The highest BCUT2D eigenvalue weighted by atomic mass is 16.2. The fourth-order valence-electron chi connectivity index (χ4n) is 4.35. The number of hydrogen-bond donors (Lipinski definition) is 1. The first-order chi connectivity index (χ1) is 14.9. The van der Waals surface area contributed by atoms with Gasteiger partial charge in [0.15, 0.2) is 0 Å². The van der Waals surface area contributed by atoms with Gasteiger partial charge in [0.25, 0.3) is 0 Å². The molecule has 0 unspecified atom stereocenters. The second-order valence-corrected chi connectivity index (χ2v) is 7.95. The molecule has 4 heterocycles. The number of allylic oxidation sites excluding steroid dienone is 1. The zero-order valence-electron chi connectivity index (χ0n) is 18.1. The lowest BCUT2D eigenvalue weighted by Crippen LogP contribution is -2.54. The van der Waals surface area contributed by atoms with Crippen molar-refractivity contribution < 1.29 is 9.59 Å². The number of piperidine rings is 1. The zero-order valence-corrected chi connectivity index (χ0v) is 18.1. The van der Waals surface area contributed by atoms with E-state index < -0.39 is 0 Å². The molecule has 2 aliphatic heterocycles. The van der Waals surface area contributed by atoms with Crippen LogP contribution in [0.5, 0.6) is 0 Å². The van der Waals surface area contributed by atoms with E-state index in [0.717, 1.165) is 29.6 Å². The van der Waals surface area contributed by atoms with E-state index in [4.69, 9.17) is 10.7 Å². The van der Waals surface area contributed by atoms with Crippen LogP contribution in [0.2, 0.25) is 0 Å². The van der Waals surface area contributed by atoms with Gasteiger partial charge in [-0.15, -0.1) is 0 Å². The molecule has 31 heavy (non-hydrogen) atoms. The Morgan fingerprint density at radius 1 is 1.29 bits per heavy atom. The van der Waals surface area contributed by atoms with Crippen LogP contribution in [0.4, 0.5) is 10.5 Å². The van der Waals surface area contributed by atoms with Gasteiger partial charge in [-0.1, -0.05) is 0 Å². The van der Waals surface area contributed by atoms with E-state index in [0.29, 0.717) is 36.4 Å². The summed E-state index contributed by atoms with van der Waals surface area (Å²) in [6, 6.07) is 3.68. The molecule has 2 aliphatic rings. The number of likely N-dealkylation sites (tertiary alicyclic amines) is 1. The number of aromatic nitrogens is 2. The highest BCUT2D eigenvalue weighted by molar-refractivity contribution is 6.10. The molecule has 1 fully saturated rings. The molecule has 0 aliphatic carbocycles. The SMILES string of the molecule is CN=C/C(=C\N)c1ccc2ncc3c(c2n1)N(C1CCN(C(C)=O)CC1)C(=O)N(C)C3. The highest BCUT2D eigenvalue weighted by Crippen LogP contribution is 2.37. The van der Waals surface area contributed by atoms with Crippen LogP contribution in [0.25, 0.3) is 16.6 Å². The standard InChI is InChI=1S/C22H27N7O2/c1-14(30)28-8-6-17(7-9-28)29-21-16(13-27(3)22(29)31)12-25-19-5-4-18(26-20(19)21)15(10-23)11-24-2/h4-5,10-12,17H,6-9,13,23H2,1-3H3/b15-10+,24-11?. The van der Waals surface area contributed by atoms with E-state index in [2.05, 4.69) is 9.98 Å². The van der Waals surface area contributed by atoms with Gasteiger partial charge in [0.1, 0.15) is 5.52 Å². The van der Waals surface area contributed by atoms with E-state index in [1.54, 1.807) is 32.1 Å². The smallest absolute Gasteiger partial charge is 0.324 e. The number of carbonyl (C=O) groups is 2. The maximum Gasteiger partial charge on any atom is 0.324 e. The normalized spacial score (nSPS) is 18.2. The number of nitrogens with zero attached hydrogens (tertiary/aromatic N) is 6. The summed E-state index contributed by atoms with van der Waals surface area (Å²) in [5.74, 6) is 0.0700. The Hall–Kier alpha value is -3.49. The van der Waals surface area contributed by atoms with Crippen molar-refractivity contribution in [3.8, 4) is 0 Å². The topological polar surface area (TPSA) is 108 Å². The molecule has 2 N–H and O–H groups in total. The number of aliphatic imine (C=N–C) groups is 1. The van der Waals surface area contributed by atoms with Gasteiger partial charge in [0.2, 0.25) is 5.91 Å². The first-order valence-electron chi connectivity index (χ1n) is 10.4. The fourth-order valence-corrected chi connectivity index (χ4v) is 4.35. The molecule has 0 saturated carbocycles. The van der Waals surface area contributed by atoms with Crippen LogP contribution in [-0.4, -0.2) is 71.1 Å². The van der Waals surface area contributed by atoms with Gasteiger partial charge in [-0.25, -0.2) is 9.78 Å². The Kier molecular flexibility index (Phi) is 5.58. The highest BCUT2D eigenvalue weighted by Gasteiger charge is 2.37. The van der Waals surface area contributed by atoms with Crippen molar-refractivity contribution in [2.24, 2.45) is 10.7 Å². The lowest BCUT2D eigenvalue weighted by molar-refractivity contribution is -0.129. The average molecular weight is 422 g/mol. The number of nitrogens with two attached hydrogens (primary N) is 1. The third-order valence-electron chi connectivity index (χ3n) is 5.96. The minimum absolute atomic E-state index is 0.0117.